The summed E-state index contributed by atoms with van der Waals surface area (Å²) in [4.78, 5) is 11.3. The minimum atomic E-state index is -0.108. The summed E-state index contributed by atoms with van der Waals surface area (Å²) in [5, 5.41) is 10.5. The zero-order valence-corrected chi connectivity index (χ0v) is 15.4. The van der Waals surface area contributed by atoms with Gasteiger partial charge in [0, 0.05) is 24.5 Å². The average molecular weight is 373 g/mol. The van der Waals surface area contributed by atoms with E-state index in [0.29, 0.717) is 25.3 Å². The summed E-state index contributed by atoms with van der Waals surface area (Å²) in [6.45, 7) is 4.97. The monoisotopic (exact) mass is 372 g/mol. The first-order valence-corrected chi connectivity index (χ1v) is 9.08. The molecular weight excluding hydrogens is 352 g/mol. The number of halogens is 1. The van der Waals surface area contributed by atoms with Crippen molar-refractivity contribution < 1.29 is 9.84 Å². The number of nitrogens with zero attached hydrogens (tertiary/aromatic N) is 4. The Morgan fingerprint density at radius 2 is 2.08 bits per heavy atom. The first kappa shape index (κ1) is 17.3. The van der Waals surface area contributed by atoms with E-state index in [0.717, 1.165) is 46.4 Å². The van der Waals surface area contributed by atoms with E-state index in [2.05, 4.69) is 20.9 Å². The smallest absolute Gasteiger partial charge is 0.156 e. The third kappa shape index (κ3) is 3.16. The SMILES string of the molecule is Cc1c(Cl)cccc1Cc1c(CO)nc2cnc(N3CCOCC3)cn12. The van der Waals surface area contributed by atoms with Gasteiger partial charge in [0.25, 0.3) is 0 Å². The first-order valence-electron chi connectivity index (χ1n) is 8.71. The summed E-state index contributed by atoms with van der Waals surface area (Å²) in [6, 6.07) is 5.90. The van der Waals surface area contributed by atoms with E-state index < -0.39 is 0 Å². The maximum atomic E-state index is 9.79. The summed E-state index contributed by atoms with van der Waals surface area (Å²) >= 11 is 6.27. The van der Waals surface area contributed by atoms with Crippen LogP contribution in [0.4, 0.5) is 5.82 Å². The summed E-state index contributed by atoms with van der Waals surface area (Å²) < 4.78 is 7.45. The van der Waals surface area contributed by atoms with Crippen molar-refractivity contribution in [1.29, 1.82) is 0 Å². The number of rotatable bonds is 4. The molecule has 6 nitrogen and oxygen atoms in total. The van der Waals surface area contributed by atoms with E-state index in [1.165, 1.54) is 0 Å². The van der Waals surface area contributed by atoms with Crippen molar-refractivity contribution in [1.82, 2.24) is 14.4 Å². The van der Waals surface area contributed by atoms with Gasteiger partial charge in [-0.3, -0.25) is 4.40 Å². The van der Waals surface area contributed by atoms with Crippen molar-refractivity contribution in [2.24, 2.45) is 0 Å². The largest absolute Gasteiger partial charge is 0.390 e. The van der Waals surface area contributed by atoms with Gasteiger partial charge in [-0.1, -0.05) is 23.7 Å². The molecule has 0 atom stereocenters. The molecule has 3 aromatic rings. The molecule has 4 rings (SSSR count). The molecule has 1 aliphatic heterocycles. The Bertz CT molecular complexity index is 935. The zero-order chi connectivity index (χ0) is 18.1. The van der Waals surface area contributed by atoms with Crippen LogP contribution in [0.2, 0.25) is 5.02 Å². The highest BCUT2D eigenvalue weighted by molar-refractivity contribution is 6.31. The van der Waals surface area contributed by atoms with Gasteiger partial charge in [-0.05, 0) is 24.1 Å². The number of fused-ring (bicyclic) bond motifs is 1. The van der Waals surface area contributed by atoms with Crippen molar-refractivity contribution in [3.05, 3.63) is 58.1 Å². The van der Waals surface area contributed by atoms with E-state index >= 15 is 0 Å². The van der Waals surface area contributed by atoms with E-state index in [-0.39, 0.29) is 6.61 Å². The van der Waals surface area contributed by atoms with Crippen LogP contribution in [0.25, 0.3) is 5.65 Å². The number of anilines is 1. The van der Waals surface area contributed by atoms with Crippen molar-refractivity contribution in [2.75, 3.05) is 31.2 Å². The molecule has 0 bridgehead atoms. The molecule has 0 saturated carbocycles. The zero-order valence-electron chi connectivity index (χ0n) is 14.7. The Balaban J connectivity index is 1.77. The molecule has 0 aliphatic carbocycles. The van der Waals surface area contributed by atoms with E-state index in [1.54, 1.807) is 6.20 Å². The number of benzene rings is 1. The van der Waals surface area contributed by atoms with E-state index in [4.69, 9.17) is 16.3 Å². The van der Waals surface area contributed by atoms with Gasteiger partial charge < -0.3 is 14.7 Å². The molecule has 26 heavy (non-hydrogen) atoms. The Labute approximate surface area is 157 Å². The molecule has 0 spiro atoms. The van der Waals surface area contributed by atoms with Gasteiger partial charge in [-0.15, -0.1) is 0 Å². The molecule has 7 heteroatoms. The molecule has 1 aromatic carbocycles. The lowest BCUT2D eigenvalue weighted by atomic mass is 10.0. The molecule has 0 unspecified atom stereocenters. The van der Waals surface area contributed by atoms with Gasteiger partial charge >= 0.3 is 0 Å². The third-order valence-electron chi connectivity index (χ3n) is 4.90. The lowest BCUT2D eigenvalue weighted by Crippen LogP contribution is -2.36. The van der Waals surface area contributed by atoms with Crippen molar-refractivity contribution in [3.8, 4) is 0 Å². The van der Waals surface area contributed by atoms with Crippen LogP contribution in [0.5, 0.6) is 0 Å². The Hall–Kier alpha value is -2.15. The van der Waals surface area contributed by atoms with Gasteiger partial charge in [-0.2, -0.15) is 0 Å². The van der Waals surface area contributed by atoms with Gasteiger partial charge in [0.1, 0.15) is 5.82 Å². The predicted octanol–water partition coefficient (Wildman–Crippen LogP) is 2.61. The standard InChI is InChI=1S/C19H21ClN4O2/c1-13-14(3-2-4-15(13)20)9-17-16(12-25)22-18-10-21-19(11-24(17)18)23-5-7-26-8-6-23/h2-4,10-11,25H,5-9,12H2,1H3. The van der Waals surface area contributed by atoms with Crippen LogP contribution in [0.3, 0.4) is 0 Å². The lowest BCUT2D eigenvalue weighted by molar-refractivity contribution is 0.122. The average Bonchev–Trinajstić information content (AvgIpc) is 3.03. The maximum Gasteiger partial charge on any atom is 0.156 e. The minimum Gasteiger partial charge on any atom is -0.390 e. The second kappa shape index (κ2) is 7.23. The fourth-order valence-electron chi connectivity index (χ4n) is 3.34. The molecular formula is C19H21ClN4O2. The maximum absolute atomic E-state index is 9.79. The van der Waals surface area contributed by atoms with E-state index in [9.17, 15) is 5.11 Å². The Morgan fingerprint density at radius 3 is 2.85 bits per heavy atom. The van der Waals surface area contributed by atoms with Crippen LogP contribution < -0.4 is 4.90 Å². The minimum absolute atomic E-state index is 0.108. The molecule has 1 fully saturated rings. The Kier molecular flexibility index (Phi) is 4.80. The second-order valence-corrected chi connectivity index (χ2v) is 6.84. The number of ether oxygens (including phenoxy) is 1. The van der Waals surface area contributed by atoms with E-state index in [1.807, 2.05) is 29.7 Å². The molecule has 0 amide bonds. The number of imidazole rings is 1. The van der Waals surface area contributed by atoms with Crippen LogP contribution in [-0.4, -0.2) is 45.8 Å². The summed E-state index contributed by atoms with van der Waals surface area (Å²) in [5.74, 6) is 0.895. The Morgan fingerprint density at radius 1 is 1.27 bits per heavy atom. The number of hydrogen-bond donors (Lipinski definition) is 1. The molecule has 0 radical (unpaired) electrons. The molecule has 1 aliphatic rings. The number of aliphatic hydroxyl groups is 1. The van der Waals surface area contributed by atoms with Crippen molar-refractivity contribution in [3.63, 3.8) is 0 Å². The summed E-state index contributed by atoms with van der Waals surface area (Å²) in [6.07, 6.45) is 4.41. The lowest BCUT2D eigenvalue weighted by Gasteiger charge is -2.27. The fourth-order valence-corrected chi connectivity index (χ4v) is 3.53. The molecule has 136 valence electrons. The van der Waals surface area contributed by atoms with Crippen LogP contribution in [-0.2, 0) is 17.8 Å². The third-order valence-corrected chi connectivity index (χ3v) is 5.31. The quantitative estimate of drug-likeness (QED) is 0.762. The summed E-state index contributed by atoms with van der Waals surface area (Å²) in [5.41, 5.74) is 4.55. The number of hydrogen-bond acceptors (Lipinski definition) is 5. The topological polar surface area (TPSA) is 62.9 Å². The number of morpholine rings is 1. The van der Waals surface area contributed by atoms with Crippen LogP contribution in [0.15, 0.2) is 30.6 Å². The highest BCUT2D eigenvalue weighted by atomic mass is 35.5. The second-order valence-electron chi connectivity index (χ2n) is 6.44. The molecule has 1 N–H and O–H groups in total. The van der Waals surface area contributed by atoms with Gasteiger partial charge in [0.05, 0.1) is 43.6 Å². The summed E-state index contributed by atoms with van der Waals surface area (Å²) in [7, 11) is 0. The van der Waals surface area contributed by atoms with Crippen LogP contribution in [0, 0.1) is 6.92 Å². The van der Waals surface area contributed by atoms with Crippen LogP contribution in [0.1, 0.15) is 22.5 Å². The van der Waals surface area contributed by atoms with Gasteiger partial charge in [0.15, 0.2) is 5.65 Å². The highest BCUT2D eigenvalue weighted by Crippen LogP contribution is 2.24. The first-order chi connectivity index (χ1) is 12.7. The number of aromatic nitrogens is 3. The highest BCUT2D eigenvalue weighted by Gasteiger charge is 2.17. The normalized spacial score (nSPS) is 15.0. The molecule has 2 aromatic heterocycles. The molecule has 3 heterocycles. The van der Waals surface area contributed by atoms with Gasteiger partial charge in [-0.25, -0.2) is 9.97 Å². The van der Waals surface area contributed by atoms with Crippen LogP contribution >= 0.6 is 11.6 Å². The molecule has 1 saturated heterocycles. The van der Waals surface area contributed by atoms with Gasteiger partial charge in [0.2, 0.25) is 0 Å². The predicted molar refractivity (Wildman–Crippen MR) is 101 cm³/mol. The van der Waals surface area contributed by atoms with Crippen molar-refractivity contribution >= 4 is 23.1 Å². The fraction of sp³-hybridized carbons (Fsp3) is 0.368. The van der Waals surface area contributed by atoms with Crippen molar-refractivity contribution in [2.45, 2.75) is 20.0 Å². The number of aliphatic hydroxyl groups excluding tert-OH is 1.